The van der Waals surface area contributed by atoms with E-state index in [1.807, 2.05) is 23.0 Å². The Labute approximate surface area is 347 Å². The van der Waals surface area contributed by atoms with Crippen molar-refractivity contribution in [3.05, 3.63) is 114 Å². The Morgan fingerprint density at radius 2 is 1.02 bits per heavy atom. The number of nitrogens with zero attached hydrogens (tertiary/aromatic N) is 8. The van der Waals surface area contributed by atoms with Gasteiger partial charge in [-0.05, 0) is 129 Å². The molecule has 316 valence electrons. The first kappa shape index (κ1) is 40.3. The molecule has 12 nitrogen and oxygen atoms in total. The first-order chi connectivity index (χ1) is 29.2. The summed E-state index contributed by atoms with van der Waals surface area (Å²) in [6.45, 7) is 11.1. The molecular weight excluding hydrogens is 767 g/mol. The van der Waals surface area contributed by atoms with E-state index in [0.717, 1.165) is 186 Å². The minimum absolute atomic E-state index is 0.161. The van der Waals surface area contributed by atoms with Crippen molar-refractivity contribution in [3.63, 3.8) is 0 Å². The Bertz CT molecular complexity index is 2440. The van der Waals surface area contributed by atoms with E-state index in [4.69, 9.17) is 19.0 Å². The molecule has 0 atom stereocenters. The SMILES string of the molecule is Cc1nc2n(c(=O)c1CCN1CCC(c3noc4cc(F)ccc34)CC1)CCCC2.Cc1nc2n(c(=O)c1CCN1CCC(c3noc4cc(F)ccc34)CC1)CCCC2. The molecule has 8 heterocycles. The van der Waals surface area contributed by atoms with Gasteiger partial charge in [0.1, 0.15) is 23.3 Å². The largest absolute Gasteiger partial charge is 0.356 e. The van der Waals surface area contributed by atoms with Crippen LogP contribution in [0.3, 0.4) is 0 Å². The lowest BCUT2D eigenvalue weighted by atomic mass is 9.91. The molecule has 4 aliphatic rings. The molecule has 14 heteroatoms. The van der Waals surface area contributed by atoms with E-state index in [0.29, 0.717) is 23.0 Å². The van der Waals surface area contributed by atoms with Gasteiger partial charge < -0.3 is 18.8 Å². The van der Waals surface area contributed by atoms with Gasteiger partial charge in [0, 0.05) is 96.3 Å². The van der Waals surface area contributed by atoms with Crippen molar-refractivity contribution >= 4 is 21.9 Å². The van der Waals surface area contributed by atoms with Crippen LogP contribution in [-0.2, 0) is 38.8 Å². The number of benzene rings is 2. The third-order valence-electron chi connectivity index (χ3n) is 13.4. The van der Waals surface area contributed by atoms with Crippen LogP contribution >= 0.6 is 0 Å². The number of hydrogen-bond donors (Lipinski definition) is 0. The topological polar surface area (TPSA) is 128 Å². The van der Waals surface area contributed by atoms with Crippen molar-refractivity contribution in [2.45, 2.75) is 116 Å². The predicted molar refractivity (Wildman–Crippen MR) is 225 cm³/mol. The second kappa shape index (κ2) is 17.5. The molecule has 0 aliphatic carbocycles. The summed E-state index contributed by atoms with van der Waals surface area (Å²) in [5.41, 5.74) is 6.76. The Morgan fingerprint density at radius 1 is 0.600 bits per heavy atom. The average Bonchev–Trinajstić information content (AvgIpc) is 3.88. The lowest BCUT2D eigenvalue weighted by Gasteiger charge is -2.31. The van der Waals surface area contributed by atoms with Gasteiger partial charge in [0.05, 0.1) is 11.4 Å². The molecule has 0 radical (unpaired) electrons. The third-order valence-corrected chi connectivity index (χ3v) is 13.4. The van der Waals surface area contributed by atoms with E-state index in [1.165, 1.54) is 24.3 Å². The number of rotatable bonds is 8. The van der Waals surface area contributed by atoms with Crippen LogP contribution in [0.5, 0.6) is 0 Å². The molecule has 2 saturated heterocycles. The fourth-order valence-corrected chi connectivity index (χ4v) is 9.89. The highest BCUT2D eigenvalue weighted by atomic mass is 19.1. The number of halogens is 2. The second-order valence-corrected chi connectivity index (χ2v) is 17.2. The van der Waals surface area contributed by atoms with Gasteiger partial charge >= 0.3 is 0 Å². The maximum absolute atomic E-state index is 13.4. The summed E-state index contributed by atoms with van der Waals surface area (Å²) in [6, 6.07) is 9.25. The second-order valence-electron chi connectivity index (χ2n) is 17.2. The lowest BCUT2D eigenvalue weighted by molar-refractivity contribution is 0.211. The maximum Gasteiger partial charge on any atom is 0.256 e. The summed E-state index contributed by atoms with van der Waals surface area (Å²) < 4.78 is 41.2. The predicted octanol–water partition coefficient (Wildman–Crippen LogP) is 7.18. The molecule has 2 fully saturated rings. The number of fused-ring (bicyclic) bond motifs is 4. The molecule has 0 unspecified atom stereocenters. The molecule has 0 N–H and O–H groups in total. The number of likely N-dealkylation sites (tertiary alicyclic amines) is 2. The molecule has 0 spiro atoms. The van der Waals surface area contributed by atoms with Crippen LogP contribution in [0.25, 0.3) is 21.9 Å². The van der Waals surface area contributed by atoms with E-state index < -0.39 is 0 Å². The molecule has 2 aromatic carbocycles. The molecule has 10 rings (SSSR count). The van der Waals surface area contributed by atoms with Crippen LogP contribution in [0.15, 0.2) is 55.0 Å². The quantitative estimate of drug-likeness (QED) is 0.156. The fourth-order valence-electron chi connectivity index (χ4n) is 9.89. The molecule has 0 saturated carbocycles. The van der Waals surface area contributed by atoms with Gasteiger partial charge in [-0.15, -0.1) is 0 Å². The van der Waals surface area contributed by atoms with Crippen LogP contribution in [0.1, 0.15) is 109 Å². The van der Waals surface area contributed by atoms with Gasteiger partial charge in [-0.3, -0.25) is 18.7 Å². The van der Waals surface area contributed by atoms with Crippen molar-refractivity contribution in [2.24, 2.45) is 0 Å². The number of aryl methyl sites for hydroxylation is 4. The average molecular weight is 821 g/mol. The van der Waals surface area contributed by atoms with Gasteiger partial charge in [-0.1, -0.05) is 10.3 Å². The van der Waals surface area contributed by atoms with Crippen molar-refractivity contribution in [1.29, 1.82) is 0 Å². The smallest absolute Gasteiger partial charge is 0.256 e. The molecule has 4 aliphatic heterocycles. The Hall–Kier alpha value is -5.08. The molecule has 4 aromatic heterocycles. The first-order valence-corrected chi connectivity index (χ1v) is 21.9. The van der Waals surface area contributed by atoms with Crippen LogP contribution < -0.4 is 11.1 Å². The van der Waals surface area contributed by atoms with Crippen molar-refractivity contribution in [2.75, 3.05) is 39.3 Å². The summed E-state index contributed by atoms with van der Waals surface area (Å²) in [6.07, 6.45) is 11.6. The van der Waals surface area contributed by atoms with E-state index in [1.54, 1.807) is 12.1 Å². The van der Waals surface area contributed by atoms with E-state index in [-0.39, 0.29) is 22.8 Å². The monoisotopic (exact) mass is 820 g/mol. The molecule has 0 bridgehead atoms. The molecule has 6 aromatic rings. The first-order valence-electron chi connectivity index (χ1n) is 21.9. The van der Waals surface area contributed by atoms with Gasteiger partial charge in [-0.2, -0.15) is 0 Å². The highest BCUT2D eigenvalue weighted by Crippen LogP contribution is 2.34. The zero-order chi connectivity index (χ0) is 41.3. The molecule has 60 heavy (non-hydrogen) atoms. The van der Waals surface area contributed by atoms with Crippen LogP contribution in [0.4, 0.5) is 8.78 Å². The zero-order valence-electron chi connectivity index (χ0n) is 34.7. The van der Waals surface area contributed by atoms with E-state index >= 15 is 0 Å². The summed E-state index contributed by atoms with van der Waals surface area (Å²) in [5, 5.41) is 10.3. The highest BCUT2D eigenvalue weighted by Gasteiger charge is 2.28. The van der Waals surface area contributed by atoms with Gasteiger partial charge in [0.25, 0.3) is 11.1 Å². The molecular formula is C46H54F2N8O4. The van der Waals surface area contributed by atoms with Crippen LogP contribution in [-0.4, -0.2) is 78.5 Å². The third kappa shape index (κ3) is 8.32. The van der Waals surface area contributed by atoms with Crippen molar-refractivity contribution in [3.8, 4) is 0 Å². The minimum Gasteiger partial charge on any atom is -0.356 e. The summed E-state index contributed by atoms with van der Waals surface area (Å²) in [5.74, 6) is 1.95. The fraction of sp³-hybridized carbons (Fsp3) is 0.522. The zero-order valence-corrected chi connectivity index (χ0v) is 34.7. The minimum atomic E-state index is -0.303. The Balaban J connectivity index is 0.000000154. The van der Waals surface area contributed by atoms with Gasteiger partial charge in [0.15, 0.2) is 11.2 Å². The Kier molecular flexibility index (Phi) is 11.8. The van der Waals surface area contributed by atoms with Gasteiger partial charge in [-0.25, -0.2) is 18.7 Å². The van der Waals surface area contributed by atoms with Crippen molar-refractivity contribution < 1.29 is 17.8 Å². The number of piperidine rings is 2. The van der Waals surface area contributed by atoms with Crippen LogP contribution in [0.2, 0.25) is 0 Å². The van der Waals surface area contributed by atoms with E-state index in [9.17, 15) is 18.4 Å². The number of aromatic nitrogens is 6. The van der Waals surface area contributed by atoms with Crippen molar-refractivity contribution in [1.82, 2.24) is 39.2 Å². The summed E-state index contributed by atoms with van der Waals surface area (Å²) in [4.78, 5) is 40.1. The Morgan fingerprint density at radius 3 is 1.43 bits per heavy atom. The standard InChI is InChI=1S/2C23H27FN4O2/c2*1-15-18(23(29)28-10-3-2-4-21(28)25-15)9-13-27-11-7-16(8-12-27)22-19-6-5-17(24)14-20(19)30-26-22/h2*5-6,14,16H,2-4,7-13H2,1H3. The highest BCUT2D eigenvalue weighted by molar-refractivity contribution is 5.80. The summed E-state index contributed by atoms with van der Waals surface area (Å²) >= 11 is 0. The maximum atomic E-state index is 13.4. The number of hydrogen-bond acceptors (Lipinski definition) is 10. The lowest BCUT2D eigenvalue weighted by Crippen LogP contribution is -2.37. The van der Waals surface area contributed by atoms with E-state index in [2.05, 4.69) is 20.1 Å². The van der Waals surface area contributed by atoms with Crippen LogP contribution in [0, 0.1) is 25.5 Å². The normalized spacial score (nSPS) is 18.1. The summed E-state index contributed by atoms with van der Waals surface area (Å²) in [7, 11) is 0. The van der Waals surface area contributed by atoms with Gasteiger partial charge in [0.2, 0.25) is 0 Å². The molecule has 0 amide bonds.